The van der Waals surface area contributed by atoms with E-state index in [1.165, 1.54) is 12.1 Å². The van der Waals surface area contributed by atoms with E-state index >= 15 is 0 Å². The van der Waals surface area contributed by atoms with Crippen LogP contribution < -0.4 is 5.14 Å². The van der Waals surface area contributed by atoms with E-state index in [4.69, 9.17) is 16.7 Å². The molecule has 1 aromatic rings. The Morgan fingerprint density at radius 1 is 1.37 bits per heavy atom. The lowest BCUT2D eigenvalue weighted by atomic mass is 10.2. The predicted octanol–water partition coefficient (Wildman–Crippen LogP) is 2.23. The summed E-state index contributed by atoms with van der Waals surface area (Å²) in [5.41, 5.74) is 0.115. The van der Waals surface area contributed by atoms with Crippen LogP contribution in [0.1, 0.15) is 24.2 Å². The maximum absolute atomic E-state index is 12.2. The van der Waals surface area contributed by atoms with E-state index in [1.54, 1.807) is 4.90 Å². The van der Waals surface area contributed by atoms with Crippen LogP contribution in [0, 0.1) is 0 Å². The quantitative estimate of drug-likeness (QED) is 0.883. The summed E-state index contributed by atoms with van der Waals surface area (Å²) in [5.74, 6) is -0.332. The molecule has 8 heteroatoms. The minimum Gasteiger partial charge on any atom is -0.339 e. The Bertz CT molecular complexity index is 600. The summed E-state index contributed by atoms with van der Waals surface area (Å²) in [6, 6.07) is 2.76. The van der Waals surface area contributed by atoms with Crippen LogP contribution in [0.25, 0.3) is 0 Å². The van der Waals surface area contributed by atoms with Crippen LogP contribution in [0.5, 0.6) is 0 Å². The molecule has 0 bridgehead atoms. The van der Waals surface area contributed by atoms with Gasteiger partial charge in [0.25, 0.3) is 5.91 Å². The Morgan fingerprint density at radius 2 is 1.89 bits per heavy atom. The summed E-state index contributed by atoms with van der Waals surface area (Å²) >= 11 is 9.14. The molecular formula is C11H14BrClN2O3S. The first-order chi connectivity index (χ1) is 8.72. The van der Waals surface area contributed by atoms with Gasteiger partial charge in [0.05, 0.1) is 10.6 Å². The highest BCUT2D eigenvalue weighted by atomic mass is 79.9. The first-order valence-electron chi connectivity index (χ1n) is 5.53. The van der Waals surface area contributed by atoms with E-state index in [9.17, 15) is 13.2 Å². The van der Waals surface area contributed by atoms with E-state index in [0.717, 1.165) is 0 Å². The molecule has 0 aliphatic carbocycles. The number of carbonyl (C=O) groups is 1. The number of sulfonamides is 1. The molecule has 0 aliphatic heterocycles. The normalized spacial score (nSPS) is 11.4. The Balaban J connectivity index is 3.46. The summed E-state index contributed by atoms with van der Waals surface area (Å²) in [4.78, 5) is 13.5. The highest BCUT2D eigenvalue weighted by Gasteiger charge is 2.23. The van der Waals surface area contributed by atoms with E-state index in [1.807, 2.05) is 13.8 Å². The number of benzene rings is 1. The van der Waals surface area contributed by atoms with Crippen molar-refractivity contribution in [2.75, 3.05) is 13.1 Å². The van der Waals surface area contributed by atoms with Crippen molar-refractivity contribution < 1.29 is 13.2 Å². The van der Waals surface area contributed by atoms with Crippen molar-refractivity contribution in [2.24, 2.45) is 5.14 Å². The number of hydrogen-bond donors (Lipinski definition) is 1. The second-order valence-electron chi connectivity index (χ2n) is 3.79. The fourth-order valence-corrected chi connectivity index (χ4v) is 3.38. The van der Waals surface area contributed by atoms with Crippen LogP contribution in [0.15, 0.2) is 21.5 Å². The summed E-state index contributed by atoms with van der Waals surface area (Å²) in [5, 5.41) is 4.93. The molecule has 0 fully saturated rings. The van der Waals surface area contributed by atoms with E-state index in [0.29, 0.717) is 17.6 Å². The fourth-order valence-electron chi connectivity index (χ4n) is 1.61. The molecule has 0 spiro atoms. The SMILES string of the molecule is CCN(CC)C(=O)c1cc(Br)cc(S(N)(=O)=O)c1Cl. The van der Waals surface area contributed by atoms with Gasteiger partial charge in [-0.25, -0.2) is 13.6 Å². The molecule has 0 saturated carbocycles. The molecule has 0 unspecified atom stereocenters. The predicted molar refractivity (Wildman–Crippen MR) is 77.8 cm³/mol. The molecule has 5 nitrogen and oxygen atoms in total. The lowest BCUT2D eigenvalue weighted by Crippen LogP contribution is -2.31. The number of hydrogen-bond acceptors (Lipinski definition) is 3. The summed E-state index contributed by atoms with van der Waals surface area (Å²) in [6.07, 6.45) is 0. The fraction of sp³-hybridized carbons (Fsp3) is 0.364. The van der Waals surface area contributed by atoms with Gasteiger partial charge in [-0.2, -0.15) is 0 Å². The monoisotopic (exact) mass is 368 g/mol. The number of nitrogens with two attached hydrogens (primary N) is 1. The van der Waals surface area contributed by atoms with Gasteiger partial charge in [-0.15, -0.1) is 0 Å². The highest BCUT2D eigenvalue weighted by molar-refractivity contribution is 9.10. The molecular weight excluding hydrogens is 356 g/mol. The van der Waals surface area contributed by atoms with Gasteiger partial charge in [0.1, 0.15) is 4.90 Å². The first-order valence-corrected chi connectivity index (χ1v) is 8.25. The summed E-state index contributed by atoms with van der Waals surface area (Å²) in [6.45, 7) is 4.66. The maximum Gasteiger partial charge on any atom is 0.255 e. The molecule has 106 valence electrons. The van der Waals surface area contributed by atoms with Crippen LogP contribution in [0.3, 0.4) is 0 Å². The van der Waals surface area contributed by atoms with E-state index in [-0.39, 0.29) is 21.4 Å². The second-order valence-corrected chi connectivity index (χ2v) is 6.61. The zero-order chi connectivity index (χ0) is 14.8. The van der Waals surface area contributed by atoms with Gasteiger partial charge >= 0.3 is 0 Å². The zero-order valence-corrected chi connectivity index (χ0v) is 13.6. The highest BCUT2D eigenvalue weighted by Crippen LogP contribution is 2.29. The summed E-state index contributed by atoms with van der Waals surface area (Å²) < 4.78 is 23.3. The van der Waals surface area contributed by atoms with Gasteiger partial charge in [-0.1, -0.05) is 27.5 Å². The lowest BCUT2D eigenvalue weighted by Gasteiger charge is -2.20. The topological polar surface area (TPSA) is 80.5 Å². The van der Waals surface area contributed by atoms with Gasteiger partial charge < -0.3 is 4.90 Å². The maximum atomic E-state index is 12.2. The molecule has 1 amide bonds. The molecule has 0 aromatic heterocycles. The molecule has 1 aromatic carbocycles. The molecule has 2 N–H and O–H groups in total. The van der Waals surface area contributed by atoms with E-state index < -0.39 is 10.0 Å². The average molecular weight is 370 g/mol. The minimum atomic E-state index is -3.98. The third-order valence-electron chi connectivity index (χ3n) is 2.59. The molecule has 0 radical (unpaired) electrons. The van der Waals surface area contributed by atoms with Gasteiger partial charge in [0, 0.05) is 17.6 Å². The lowest BCUT2D eigenvalue weighted by molar-refractivity contribution is 0.0773. The molecule has 19 heavy (non-hydrogen) atoms. The largest absolute Gasteiger partial charge is 0.339 e. The van der Waals surface area contributed by atoms with Crippen molar-refractivity contribution >= 4 is 43.5 Å². The Labute approximate surface area is 125 Å². The Hall–Kier alpha value is -0.630. The Kier molecular flexibility index (Phi) is 5.37. The van der Waals surface area contributed by atoms with Crippen molar-refractivity contribution in [3.05, 3.63) is 27.2 Å². The van der Waals surface area contributed by atoms with Crippen LogP contribution in [0.4, 0.5) is 0 Å². The van der Waals surface area contributed by atoms with Crippen molar-refractivity contribution in [3.8, 4) is 0 Å². The van der Waals surface area contributed by atoms with Crippen molar-refractivity contribution in [1.82, 2.24) is 4.90 Å². The molecule has 0 aliphatic rings. The summed E-state index contributed by atoms with van der Waals surface area (Å²) in [7, 11) is -3.98. The van der Waals surface area contributed by atoms with Crippen molar-refractivity contribution in [2.45, 2.75) is 18.7 Å². The number of halogens is 2. The van der Waals surface area contributed by atoms with Gasteiger partial charge in [-0.3, -0.25) is 4.79 Å². The van der Waals surface area contributed by atoms with Gasteiger partial charge in [0.2, 0.25) is 10.0 Å². The molecule has 0 atom stereocenters. The van der Waals surface area contributed by atoms with Gasteiger partial charge in [0.15, 0.2) is 0 Å². The number of amides is 1. The third kappa shape index (κ3) is 3.68. The zero-order valence-electron chi connectivity index (χ0n) is 10.5. The molecule has 1 rings (SSSR count). The second kappa shape index (κ2) is 6.21. The number of nitrogens with zero attached hydrogens (tertiary/aromatic N) is 1. The van der Waals surface area contributed by atoms with Crippen molar-refractivity contribution in [1.29, 1.82) is 0 Å². The number of carbonyl (C=O) groups excluding carboxylic acids is 1. The van der Waals surface area contributed by atoms with Crippen LogP contribution in [-0.2, 0) is 10.0 Å². The first kappa shape index (κ1) is 16.4. The minimum absolute atomic E-state index is 0.115. The van der Waals surface area contributed by atoms with Crippen LogP contribution in [-0.4, -0.2) is 32.3 Å². The third-order valence-corrected chi connectivity index (χ3v) is 4.50. The average Bonchev–Trinajstić information content (AvgIpc) is 2.31. The molecule has 0 heterocycles. The van der Waals surface area contributed by atoms with E-state index in [2.05, 4.69) is 15.9 Å². The van der Waals surface area contributed by atoms with Gasteiger partial charge in [-0.05, 0) is 26.0 Å². The molecule has 0 saturated heterocycles. The standard InChI is InChI=1S/C11H14BrClN2O3S/c1-3-15(4-2)11(16)8-5-7(12)6-9(10(8)13)19(14,17)18/h5-6H,3-4H2,1-2H3,(H2,14,17,18). The van der Waals surface area contributed by atoms with Crippen LogP contribution in [0.2, 0.25) is 5.02 Å². The van der Waals surface area contributed by atoms with Crippen molar-refractivity contribution in [3.63, 3.8) is 0 Å². The van der Waals surface area contributed by atoms with Crippen LogP contribution >= 0.6 is 27.5 Å². The Morgan fingerprint density at radius 3 is 2.32 bits per heavy atom. The number of primary sulfonamides is 1. The smallest absolute Gasteiger partial charge is 0.255 e. The number of rotatable bonds is 4.